The number of likely N-dealkylation sites (N-methyl/N-ethyl adjacent to an activating group) is 1. The van der Waals surface area contributed by atoms with Crippen molar-refractivity contribution in [1.29, 1.82) is 0 Å². The van der Waals surface area contributed by atoms with Gasteiger partial charge < -0.3 is 10.1 Å². The van der Waals surface area contributed by atoms with Crippen LogP contribution in [0.3, 0.4) is 0 Å². The zero-order chi connectivity index (χ0) is 10.4. The Labute approximate surface area is 90.2 Å². The fourth-order valence-electron chi connectivity index (χ4n) is 1.30. The molecule has 1 rings (SSSR count). The van der Waals surface area contributed by atoms with E-state index in [1.54, 1.807) is 0 Å². The molecule has 0 atom stereocenters. The first kappa shape index (κ1) is 11.3. The van der Waals surface area contributed by atoms with Crippen molar-refractivity contribution in [3.8, 4) is 5.75 Å². The van der Waals surface area contributed by atoms with E-state index >= 15 is 0 Å². The monoisotopic (exact) mass is 213 g/mol. The molecule has 0 aliphatic heterocycles. The number of hydrogen-bond acceptors (Lipinski definition) is 2. The summed E-state index contributed by atoms with van der Waals surface area (Å²) in [5.74, 6) is 0.937. The molecule has 0 saturated heterocycles. The Morgan fingerprint density at radius 2 is 2.21 bits per heavy atom. The minimum Gasteiger partial charge on any atom is -0.494 e. The molecular formula is C11H16ClNO. The molecule has 0 spiro atoms. The van der Waals surface area contributed by atoms with E-state index in [-0.39, 0.29) is 0 Å². The van der Waals surface area contributed by atoms with Gasteiger partial charge in [-0.2, -0.15) is 0 Å². The van der Waals surface area contributed by atoms with Gasteiger partial charge in [-0.1, -0.05) is 11.6 Å². The van der Waals surface area contributed by atoms with Gasteiger partial charge in [-0.05, 0) is 50.7 Å². The van der Waals surface area contributed by atoms with E-state index in [4.69, 9.17) is 16.3 Å². The third-order valence-corrected chi connectivity index (χ3v) is 2.20. The molecule has 0 aromatic heterocycles. The maximum absolute atomic E-state index is 5.92. The Kier molecular flexibility index (Phi) is 4.77. The predicted octanol–water partition coefficient (Wildman–Crippen LogP) is 2.50. The molecular weight excluding hydrogens is 198 g/mol. The van der Waals surface area contributed by atoms with Crippen molar-refractivity contribution in [2.75, 3.05) is 20.2 Å². The van der Waals surface area contributed by atoms with Crippen LogP contribution in [0, 0.1) is 0 Å². The van der Waals surface area contributed by atoms with E-state index in [1.165, 1.54) is 0 Å². The largest absolute Gasteiger partial charge is 0.494 e. The van der Waals surface area contributed by atoms with Crippen LogP contribution in [0.2, 0.25) is 5.02 Å². The van der Waals surface area contributed by atoms with Crippen LogP contribution in [0.15, 0.2) is 18.2 Å². The molecule has 0 aliphatic carbocycles. The molecule has 0 aliphatic rings. The van der Waals surface area contributed by atoms with Crippen LogP contribution in [0.4, 0.5) is 0 Å². The lowest BCUT2D eigenvalue weighted by molar-refractivity contribution is 0.336. The first-order valence-electron chi connectivity index (χ1n) is 4.83. The molecule has 0 saturated carbocycles. The number of hydrogen-bond donors (Lipinski definition) is 1. The molecule has 1 aromatic carbocycles. The predicted molar refractivity (Wildman–Crippen MR) is 60.3 cm³/mol. The van der Waals surface area contributed by atoms with Crippen LogP contribution in [0.5, 0.6) is 5.75 Å². The van der Waals surface area contributed by atoms with Crippen molar-refractivity contribution in [3.63, 3.8) is 0 Å². The van der Waals surface area contributed by atoms with Gasteiger partial charge in [0.1, 0.15) is 5.75 Å². The number of nitrogens with one attached hydrogen (secondary N) is 1. The molecule has 3 heteroatoms. The maximum Gasteiger partial charge on any atom is 0.122 e. The topological polar surface area (TPSA) is 21.3 Å². The molecule has 0 fully saturated rings. The average molecular weight is 214 g/mol. The van der Waals surface area contributed by atoms with Gasteiger partial charge in [0.05, 0.1) is 6.61 Å². The first-order valence-corrected chi connectivity index (χ1v) is 5.21. The van der Waals surface area contributed by atoms with Crippen LogP contribution >= 0.6 is 11.6 Å². The molecule has 1 aromatic rings. The van der Waals surface area contributed by atoms with Gasteiger partial charge in [0, 0.05) is 5.02 Å². The summed E-state index contributed by atoms with van der Waals surface area (Å²) in [7, 11) is 1.94. The lowest BCUT2D eigenvalue weighted by atomic mass is 10.1. The van der Waals surface area contributed by atoms with E-state index in [1.807, 2.05) is 32.2 Å². The molecule has 1 N–H and O–H groups in total. The third kappa shape index (κ3) is 3.20. The van der Waals surface area contributed by atoms with Gasteiger partial charge in [-0.15, -0.1) is 0 Å². The van der Waals surface area contributed by atoms with Crippen molar-refractivity contribution in [3.05, 3.63) is 28.8 Å². The Bertz CT molecular complexity index is 289. The summed E-state index contributed by atoms with van der Waals surface area (Å²) in [4.78, 5) is 0. The van der Waals surface area contributed by atoms with Crippen molar-refractivity contribution in [2.24, 2.45) is 0 Å². The smallest absolute Gasteiger partial charge is 0.122 e. The standard InChI is InChI=1S/C11H16ClNO/c1-3-14-11-5-4-10(12)8-9(11)6-7-13-2/h4-5,8,13H,3,6-7H2,1-2H3. The van der Waals surface area contributed by atoms with E-state index in [0.29, 0.717) is 6.61 Å². The second kappa shape index (κ2) is 5.89. The summed E-state index contributed by atoms with van der Waals surface area (Å²) in [6.45, 7) is 3.60. The van der Waals surface area contributed by atoms with Gasteiger partial charge in [-0.25, -0.2) is 0 Å². The van der Waals surface area contributed by atoms with Crippen LogP contribution in [0.25, 0.3) is 0 Å². The summed E-state index contributed by atoms with van der Waals surface area (Å²) >= 11 is 5.92. The minimum atomic E-state index is 0.689. The Balaban J connectivity index is 2.79. The fraction of sp³-hybridized carbons (Fsp3) is 0.455. The SMILES string of the molecule is CCOc1ccc(Cl)cc1CCNC. The van der Waals surface area contributed by atoms with Crippen molar-refractivity contribution >= 4 is 11.6 Å². The zero-order valence-electron chi connectivity index (χ0n) is 8.64. The second-order valence-corrected chi connectivity index (χ2v) is 3.48. The van der Waals surface area contributed by atoms with Crippen LogP contribution < -0.4 is 10.1 Å². The van der Waals surface area contributed by atoms with Gasteiger partial charge in [0.15, 0.2) is 0 Å². The van der Waals surface area contributed by atoms with Gasteiger partial charge in [0.2, 0.25) is 0 Å². The lowest BCUT2D eigenvalue weighted by Crippen LogP contribution is -2.11. The average Bonchev–Trinajstić information content (AvgIpc) is 2.18. The molecule has 78 valence electrons. The van der Waals surface area contributed by atoms with Crippen molar-refractivity contribution in [2.45, 2.75) is 13.3 Å². The van der Waals surface area contributed by atoms with Gasteiger partial charge >= 0.3 is 0 Å². The van der Waals surface area contributed by atoms with Crippen molar-refractivity contribution < 1.29 is 4.74 Å². The summed E-state index contributed by atoms with van der Waals surface area (Å²) in [6, 6.07) is 5.75. The highest BCUT2D eigenvalue weighted by molar-refractivity contribution is 6.30. The second-order valence-electron chi connectivity index (χ2n) is 3.04. The molecule has 2 nitrogen and oxygen atoms in total. The van der Waals surface area contributed by atoms with Gasteiger partial charge in [0.25, 0.3) is 0 Å². The summed E-state index contributed by atoms with van der Waals surface area (Å²) in [5, 5.41) is 3.87. The van der Waals surface area contributed by atoms with E-state index in [9.17, 15) is 0 Å². The Morgan fingerprint density at radius 1 is 1.43 bits per heavy atom. The highest BCUT2D eigenvalue weighted by Gasteiger charge is 2.03. The highest BCUT2D eigenvalue weighted by atomic mass is 35.5. The molecule has 0 heterocycles. The number of ether oxygens (including phenoxy) is 1. The lowest BCUT2D eigenvalue weighted by Gasteiger charge is -2.10. The van der Waals surface area contributed by atoms with E-state index in [0.717, 1.165) is 29.3 Å². The maximum atomic E-state index is 5.92. The minimum absolute atomic E-state index is 0.689. The first-order chi connectivity index (χ1) is 6.77. The summed E-state index contributed by atoms with van der Waals surface area (Å²) in [6.07, 6.45) is 0.937. The van der Waals surface area contributed by atoms with Crippen LogP contribution in [-0.4, -0.2) is 20.2 Å². The van der Waals surface area contributed by atoms with Crippen molar-refractivity contribution in [1.82, 2.24) is 5.32 Å². The Morgan fingerprint density at radius 3 is 2.86 bits per heavy atom. The fourth-order valence-corrected chi connectivity index (χ4v) is 1.49. The summed E-state index contributed by atoms with van der Waals surface area (Å²) in [5.41, 5.74) is 1.16. The van der Waals surface area contributed by atoms with E-state index in [2.05, 4.69) is 5.32 Å². The van der Waals surface area contributed by atoms with Gasteiger partial charge in [-0.3, -0.25) is 0 Å². The molecule has 0 bridgehead atoms. The Hall–Kier alpha value is -0.730. The number of benzene rings is 1. The number of rotatable bonds is 5. The van der Waals surface area contributed by atoms with Crippen LogP contribution in [-0.2, 0) is 6.42 Å². The third-order valence-electron chi connectivity index (χ3n) is 1.97. The molecule has 0 radical (unpaired) electrons. The number of halogens is 1. The highest BCUT2D eigenvalue weighted by Crippen LogP contribution is 2.23. The molecule has 0 unspecified atom stereocenters. The zero-order valence-corrected chi connectivity index (χ0v) is 9.40. The van der Waals surface area contributed by atoms with Crippen LogP contribution in [0.1, 0.15) is 12.5 Å². The van der Waals surface area contributed by atoms with E-state index < -0.39 is 0 Å². The normalized spacial score (nSPS) is 10.2. The quantitative estimate of drug-likeness (QED) is 0.812. The molecule has 0 amide bonds. The summed E-state index contributed by atoms with van der Waals surface area (Å²) < 4.78 is 5.50. The molecule has 14 heavy (non-hydrogen) atoms.